The van der Waals surface area contributed by atoms with Crippen molar-refractivity contribution in [2.75, 3.05) is 6.61 Å². The highest BCUT2D eigenvalue weighted by atomic mass is 16.6. The van der Waals surface area contributed by atoms with Crippen LogP contribution in [-0.2, 0) is 29.0 Å². The van der Waals surface area contributed by atoms with Crippen LogP contribution < -0.4 is 16.0 Å². The van der Waals surface area contributed by atoms with Crippen LogP contribution in [0, 0.1) is 0 Å². The summed E-state index contributed by atoms with van der Waals surface area (Å²) in [6, 6.07) is 17.2. The van der Waals surface area contributed by atoms with Crippen molar-refractivity contribution in [3.63, 3.8) is 0 Å². The molecule has 0 radical (unpaired) electrons. The second-order valence-electron chi connectivity index (χ2n) is 10.3. The first-order valence-corrected chi connectivity index (χ1v) is 13.5. The zero-order valence-corrected chi connectivity index (χ0v) is 22.5. The zero-order chi connectivity index (χ0) is 27.1. The number of esters is 1. The van der Waals surface area contributed by atoms with Crippen molar-refractivity contribution in [3.05, 3.63) is 92.3 Å². The normalized spacial score (nSPS) is 14.0. The molecule has 0 spiro atoms. The van der Waals surface area contributed by atoms with Gasteiger partial charge in [-0.1, -0.05) is 55.3 Å². The van der Waals surface area contributed by atoms with Crippen LogP contribution in [0.3, 0.4) is 0 Å². The summed E-state index contributed by atoms with van der Waals surface area (Å²) in [5.74, 6) is 0.246. The quantitative estimate of drug-likeness (QED) is 0.347. The molecule has 1 aromatic heterocycles. The van der Waals surface area contributed by atoms with E-state index in [1.807, 2.05) is 48.5 Å². The maximum atomic E-state index is 13.4. The van der Waals surface area contributed by atoms with Crippen molar-refractivity contribution in [2.45, 2.75) is 83.9 Å². The number of hydrogen-bond donors (Lipinski definition) is 0. The van der Waals surface area contributed by atoms with Gasteiger partial charge >= 0.3 is 11.7 Å². The molecule has 3 aromatic rings. The molecule has 2 aromatic carbocycles. The van der Waals surface area contributed by atoms with E-state index >= 15 is 0 Å². The van der Waals surface area contributed by atoms with Crippen molar-refractivity contribution in [3.8, 4) is 5.75 Å². The first-order chi connectivity index (χ1) is 18.3. The smallest absolute Gasteiger partial charge is 0.349 e. The van der Waals surface area contributed by atoms with Gasteiger partial charge in [0.15, 0.2) is 5.60 Å². The highest BCUT2D eigenvalue weighted by Gasteiger charge is 2.31. The molecule has 8 heteroatoms. The van der Waals surface area contributed by atoms with Crippen LogP contribution in [0.4, 0.5) is 0 Å². The van der Waals surface area contributed by atoms with Gasteiger partial charge in [-0.15, -0.1) is 0 Å². The molecule has 38 heavy (non-hydrogen) atoms. The van der Waals surface area contributed by atoms with E-state index in [2.05, 4.69) is 5.10 Å². The summed E-state index contributed by atoms with van der Waals surface area (Å²) < 4.78 is 13.8. The summed E-state index contributed by atoms with van der Waals surface area (Å²) in [7, 11) is 0. The number of carbonyl (C=O) groups is 1. The number of carbonyl (C=O) groups excluding carboxylic acids is 1. The molecule has 0 unspecified atom stereocenters. The Labute approximate surface area is 223 Å². The van der Waals surface area contributed by atoms with Crippen molar-refractivity contribution in [1.29, 1.82) is 0 Å². The van der Waals surface area contributed by atoms with Crippen LogP contribution in [0.25, 0.3) is 0 Å². The number of nitrogens with zero attached hydrogens (tertiary/aromatic N) is 3. The van der Waals surface area contributed by atoms with Gasteiger partial charge in [-0.05, 0) is 69.7 Å². The van der Waals surface area contributed by atoms with Gasteiger partial charge in [0.25, 0.3) is 5.56 Å². The van der Waals surface area contributed by atoms with E-state index in [0.717, 1.165) is 36.8 Å². The van der Waals surface area contributed by atoms with Gasteiger partial charge in [0.05, 0.1) is 13.2 Å². The van der Waals surface area contributed by atoms with Crippen LogP contribution in [-0.4, -0.2) is 32.5 Å². The first-order valence-electron chi connectivity index (χ1n) is 13.5. The minimum atomic E-state index is -1.11. The van der Waals surface area contributed by atoms with Crippen molar-refractivity contribution in [1.82, 2.24) is 14.3 Å². The number of aromatic nitrogens is 3. The summed E-state index contributed by atoms with van der Waals surface area (Å²) in [4.78, 5) is 38.9. The zero-order valence-electron chi connectivity index (χ0n) is 22.5. The molecule has 0 N–H and O–H groups in total. The largest absolute Gasteiger partial charge is 0.476 e. The number of hydrogen-bond acceptors (Lipinski definition) is 6. The number of aryl methyl sites for hydroxylation is 1. The summed E-state index contributed by atoms with van der Waals surface area (Å²) in [6.45, 7) is 6.03. The van der Waals surface area contributed by atoms with Crippen LogP contribution >= 0.6 is 0 Å². The third-order valence-corrected chi connectivity index (χ3v) is 6.95. The molecular formula is C30H37N3O5. The van der Waals surface area contributed by atoms with Crippen LogP contribution in [0.1, 0.15) is 75.6 Å². The predicted molar refractivity (Wildman–Crippen MR) is 146 cm³/mol. The second kappa shape index (κ2) is 12.2. The molecule has 1 saturated carbocycles. The average Bonchev–Trinajstić information content (AvgIpc) is 3.43. The lowest BCUT2D eigenvalue weighted by molar-refractivity contribution is -0.158. The van der Waals surface area contributed by atoms with Gasteiger partial charge in [-0.2, -0.15) is 5.10 Å². The number of ether oxygens (including phenoxy) is 2. The molecule has 0 amide bonds. The molecule has 0 bridgehead atoms. The molecule has 0 saturated heterocycles. The van der Waals surface area contributed by atoms with Gasteiger partial charge in [0.2, 0.25) is 0 Å². The molecule has 0 aliphatic heterocycles. The van der Waals surface area contributed by atoms with Gasteiger partial charge in [-0.3, -0.25) is 9.36 Å². The Kier molecular flexibility index (Phi) is 8.81. The Morgan fingerprint density at radius 2 is 1.74 bits per heavy atom. The highest BCUT2D eigenvalue weighted by molar-refractivity contribution is 5.79. The fraction of sp³-hybridized carbons (Fsp3) is 0.467. The third-order valence-electron chi connectivity index (χ3n) is 6.95. The molecule has 4 rings (SSSR count). The van der Waals surface area contributed by atoms with E-state index in [0.29, 0.717) is 37.4 Å². The van der Waals surface area contributed by atoms with E-state index in [9.17, 15) is 14.4 Å². The topological polar surface area (TPSA) is 92.4 Å². The molecule has 1 aliphatic rings. The maximum Gasteiger partial charge on any atom is 0.349 e. The molecule has 0 atom stereocenters. The van der Waals surface area contributed by atoms with E-state index < -0.39 is 11.6 Å². The predicted octanol–water partition coefficient (Wildman–Crippen LogP) is 4.46. The summed E-state index contributed by atoms with van der Waals surface area (Å²) in [5.41, 5.74) is 0.708. The average molecular weight is 520 g/mol. The fourth-order valence-corrected chi connectivity index (χ4v) is 4.94. The highest BCUT2D eigenvalue weighted by Crippen LogP contribution is 2.31. The molecule has 202 valence electrons. The lowest BCUT2D eigenvalue weighted by Gasteiger charge is -2.24. The lowest BCUT2D eigenvalue weighted by atomic mass is 10.0. The molecular weight excluding hydrogens is 482 g/mol. The maximum absolute atomic E-state index is 13.4. The molecule has 1 aliphatic carbocycles. The molecule has 1 heterocycles. The van der Waals surface area contributed by atoms with Crippen LogP contribution in [0.15, 0.2) is 64.2 Å². The van der Waals surface area contributed by atoms with Crippen LogP contribution in [0.2, 0.25) is 0 Å². The Morgan fingerprint density at radius 1 is 1.03 bits per heavy atom. The SMILES string of the molecule is CCOC(=O)C(C)(C)Oc1cccc(CCCn2c(=O)c(C3CCCC3)nn(Cc3ccccc3)c2=O)c1. The lowest BCUT2D eigenvalue weighted by Crippen LogP contribution is -2.44. The van der Waals surface area contributed by atoms with Gasteiger partial charge in [0, 0.05) is 12.5 Å². The summed E-state index contributed by atoms with van der Waals surface area (Å²) in [5, 5.41) is 4.57. The Morgan fingerprint density at radius 3 is 2.45 bits per heavy atom. The van der Waals surface area contributed by atoms with E-state index in [1.165, 1.54) is 9.25 Å². The van der Waals surface area contributed by atoms with E-state index in [4.69, 9.17) is 9.47 Å². The molecule has 8 nitrogen and oxygen atoms in total. The number of rotatable bonds is 11. The van der Waals surface area contributed by atoms with Crippen molar-refractivity contribution in [2.24, 2.45) is 0 Å². The van der Waals surface area contributed by atoms with Gasteiger partial charge in [-0.25, -0.2) is 14.3 Å². The minimum absolute atomic E-state index is 0.105. The Bertz CT molecular complexity index is 1350. The fourth-order valence-electron chi connectivity index (χ4n) is 4.94. The van der Waals surface area contributed by atoms with E-state index in [1.54, 1.807) is 26.8 Å². The Balaban J connectivity index is 1.51. The monoisotopic (exact) mass is 519 g/mol. The van der Waals surface area contributed by atoms with Crippen molar-refractivity contribution >= 4 is 5.97 Å². The first kappa shape index (κ1) is 27.4. The summed E-state index contributed by atoms with van der Waals surface area (Å²) in [6.07, 6.45) is 5.26. The number of benzene rings is 2. The van der Waals surface area contributed by atoms with Crippen molar-refractivity contribution < 1.29 is 14.3 Å². The molecule has 1 fully saturated rings. The van der Waals surface area contributed by atoms with Crippen LogP contribution in [0.5, 0.6) is 5.75 Å². The van der Waals surface area contributed by atoms with Gasteiger partial charge in [0.1, 0.15) is 11.4 Å². The Hall–Kier alpha value is -3.68. The third kappa shape index (κ3) is 6.60. The standard InChI is InChI=1S/C30H37N3O5/c1-4-37-28(35)30(2,3)38-25-18-10-14-22(20-25)15-11-19-32-27(34)26(24-16-8-9-17-24)31-33(29(32)36)21-23-12-6-5-7-13-23/h5-7,10,12-14,18,20,24H,4,8-9,11,15-17,19,21H2,1-3H3. The van der Waals surface area contributed by atoms with E-state index in [-0.39, 0.29) is 23.8 Å². The second-order valence-corrected chi connectivity index (χ2v) is 10.3. The minimum Gasteiger partial charge on any atom is -0.476 e. The van der Waals surface area contributed by atoms with Gasteiger partial charge < -0.3 is 9.47 Å². The summed E-state index contributed by atoms with van der Waals surface area (Å²) >= 11 is 0.